The maximum Gasteiger partial charge on any atom is 0.337 e. The third-order valence-electron chi connectivity index (χ3n) is 1.91. The molecule has 0 amide bonds. The normalized spacial score (nSPS) is 31.3. The van der Waals surface area contributed by atoms with E-state index in [4.69, 9.17) is 26.7 Å². The molecule has 5 nitrogen and oxygen atoms in total. The Morgan fingerprint density at radius 1 is 1.57 bits per heavy atom. The van der Waals surface area contributed by atoms with Gasteiger partial charge in [0, 0.05) is 6.42 Å². The smallest absolute Gasteiger partial charge is 0.337 e. The van der Waals surface area contributed by atoms with Gasteiger partial charge in [0.05, 0.1) is 0 Å². The number of ether oxygens (including phenoxy) is 2. The van der Waals surface area contributed by atoms with Crippen molar-refractivity contribution in [2.45, 2.75) is 37.9 Å². The molecule has 1 aliphatic rings. The molecule has 1 unspecified atom stereocenters. The molecular formula is C9H13NO4. The van der Waals surface area contributed by atoms with E-state index in [1.807, 2.05) is 0 Å². The Bertz CT molecular complexity index is 248. The van der Waals surface area contributed by atoms with Gasteiger partial charge in [0.15, 0.2) is 12.4 Å². The van der Waals surface area contributed by atoms with E-state index in [1.54, 1.807) is 0 Å². The predicted octanol–water partition coefficient (Wildman–Crippen LogP) is -0.0992. The summed E-state index contributed by atoms with van der Waals surface area (Å²) in [4.78, 5) is 10.6. The number of nitrogens with two attached hydrogens (primary N) is 1. The first-order valence-electron chi connectivity index (χ1n) is 4.38. The van der Waals surface area contributed by atoms with Crippen LogP contribution in [0.15, 0.2) is 0 Å². The largest absolute Gasteiger partial charge is 0.479 e. The fourth-order valence-corrected chi connectivity index (χ4v) is 1.23. The third-order valence-corrected chi connectivity index (χ3v) is 1.91. The average molecular weight is 199 g/mol. The average Bonchev–Trinajstić information content (AvgIpc) is 2.47. The SMILES string of the molecule is C#CCCCC1O[C@@H](N)[C@H](C(=O)O)O1. The lowest BCUT2D eigenvalue weighted by atomic mass is 10.2. The number of hydrogen-bond donors (Lipinski definition) is 2. The molecule has 0 spiro atoms. The number of unbranched alkanes of at least 4 members (excludes halogenated alkanes) is 1. The molecule has 1 aliphatic heterocycles. The van der Waals surface area contributed by atoms with Gasteiger partial charge in [-0.1, -0.05) is 0 Å². The maximum atomic E-state index is 10.6. The molecule has 78 valence electrons. The summed E-state index contributed by atoms with van der Waals surface area (Å²) in [5, 5.41) is 8.66. The fourth-order valence-electron chi connectivity index (χ4n) is 1.23. The van der Waals surface area contributed by atoms with E-state index in [1.165, 1.54) is 0 Å². The first-order chi connectivity index (χ1) is 6.65. The zero-order valence-corrected chi connectivity index (χ0v) is 7.68. The summed E-state index contributed by atoms with van der Waals surface area (Å²) < 4.78 is 10.2. The molecule has 1 heterocycles. The van der Waals surface area contributed by atoms with Crippen molar-refractivity contribution in [2.24, 2.45) is 5.73 Å². The summed E-state index contributed by atoms with van der Waals surface area (Å²) in [6.07, 6.45) is 4.50. The van der Waals surface area contributed by atoms with Crippen LogP contribution in [0.5, 0.6) is 0 Å². The first-order valence-corrected chi connectivity index (χ1v) is 4.38. The fraction of sp³-hybridized carbons (Fsp3) is 0.667. The van der Waals surface area contributed by atoms with Gasteiger partial charge in [-0.15, -0.1) is 12.3 Å². The van der Waals surface area contributed by atoms with Crippen molar-refractivity contribution in [3.63, 3.8) is 0 Å². The van der Waals surface area contributed by atoms with Crippen LogP contribution < -0.4 is 5.73 Å². The van der Waals surface area contributed by atoms with Gasteiger partial charge in [0.2, 0.25) is 0 Å². The molecule has 14 heavy (non-hydrogen) atoms. The van der Waals surface area contributed by atoms with Crippen molar-refractivity contribution in [3.8, 4) is 12.3 Å². The van der Waals surface area contributed by atoms with Crippen LogP contribution in [0.4, 0.5) is 0 Å². The highest BCUT2D eigenvalue weighted by molar-refractivity contribution is 5.73. The zero-order valence-electron chi connectivity index (χ0n) is 7.68. The van der Waals surface area contributed by atoms with Crippen molar-refractivity contribution in [3.05, 3.63) is 0 Å². The van der Waals surface area contributed by atoms with Crippen LogP contribution in [0.25, 0.3) is 0 Å². The van der Waals surface area contributed by atoms with Gasteiger partial charge in [-0.2, -0.15) is 0 Å². The standard InChI is InChI=1S/C9H13NO4/c1-2-3-4-5-6-13-7(9(11)12)8(10)14-6/h1,6-8H,3-5,10H2,(H,11,12)/t6?,7-,8-/m1/s1. The Kier molecular flexibility index (Phi) is 3.89. The van der Waals surface area contributed by atoms with Crippen LogP contribution in [-0.4, -0.2) is 29.7 Å². The van der Waals surface area contributed by atoms with Crippen LogP contribution in [0.2, 0.25) is 0 Å². The number of rotatable bonds is 4. The van der Waals surface area contributed by atoms with Crippen molar-refractivity contribution >= 4 is 5.97 Å². The molecule has 0 aromatic heterocycles. The minimum absolute atomic E-state index is 0.542. The van der Waals surface area contributed by atoms with Gasteiger partial charge in [0.1, 0.15) is 6.23 Å². The molecule has 5 heteroatoms. The van der Waals surface area contributed by atoms with E-state index in [-0.39, 0.29) is 0 Å². The summed E-state index contributed by atoms with van der Waals surface area (Å²) in [5.74, 6) is 1.38. The molecule has 0 aliphatic carbocycles. The summed E-state index contributed by atoms with van der Waals surface area (Å²) in [6.45, 7) is 0. The lowest BCUT2D eigenvalue weighted by Crippen LogP contribution is -2.37. The predicted molar refractivity (Wildman–Crippen MR) is 48.0 cm³/mol. The number of aliphatic carboxylic acids is 1. The van der Waals surface area contributed by atoms with E-state index >= 15 is 0 Å². The summed E-state index contributed by atoms with van der Waals surface area (Å²) in [6, 6.07) is 0. The molecule has 0 saturated carbocycles. The summed E-state index contributed by atoms with van der Waals surface area (Å²) in [7, 11) is 0. The molecule has 1 fully saturated rings. The van der Waals surface area contributed by atoms with E-state index < -0.39 is 24.6 Å². The highest BCUT2D eigenvalue weighted by atomic mass is 16.7. The van der Waals surface area contributed by atoms with Gasteiger partial charge in [-0.05, 0) is 12.8 Å². The molecule has 3 N–H and O–H groups in total. The monoisotopic (exact) mass is 199 g/mol. The first kappa shape index (κ1) is 11.0. The van der Waals surface area contributed by atoms with Gasteiger partial charge in [-0.3, -0.25) is 0 Å². The van der Waals surface area contributed by atoms with Crippen LogP contribution >= 0.6 is 0 Å². The van der Waals surface area contributed by atoms with Crippen LogP contribution in [0.3, 0.4) is 0 Å². The van der Waals surface area contributed by atoms with Gasteiger partial charge < -0.3 is 20.3 Å². The number of carboxylic acids is 1. The van der Waals surface area contributed by atoms with Crippen LogP contribution in [0.1, 0.15) is 19.3 Å². The molecule has 3 atom stereocenters. The van der Waals surface area contributed by atoms with Gasteiger partial charge in [-0.25, -0.2) is 4.79 Å². The lowest BCUT2D eigenvalue weighted by Gasteiger charge is -2.07. The minimum Gasteiger partial charge on any atom is -0.479 e. The Hall–Kier alpha value is -1.09. The van der Waals surface area contributed by atoms with E-state index in [0.717, 1.165) is 6.42 Å². The molecule has 1 rings (SSSR count). The van der Waals surface area contributed by atoms with Crippen molar-refractivity contribution in [1.29, 1.82) is 0 Å². The number of carboxylic acid groups (broad SMARTS) is 1. The van der Waals surface area contributed by atoms with Crippen LogP contribution in [-0.2, 0) is 14.3 Å². The summed E-state index contributed by atoms with van der Waals surface area (Å²) in [5.41, 5.74) is 5.41. The number of hydrogen-bond acceptors (Lipinski definition) is 4. The van der Waals surface area contributed by atoms with Crippen molar-refractivity contribution in [2.75, 3.05) is 0 Å². The van der Waals surface area contributed by atoms with E-state index in [2.05, 4.69) is 5.92 Å². The second-order valence-electron chi connectivity index (χ2n) is 3.02. The molecular weight excluding hydrogens is 186 g/mol. The zero-order chi connectivity index (χ0) is 10.6. The Labute approximate surface area is 82.2 Å². The summed E-state index contributed by atoms with van der Waals surface area (Å²) >= 11 is 0. The molecule has 0 aromatic rings. The Morgan fingerprint density at radius 3 is 2.79 bits per heavy atom. The van der Waals surface area contributed by atoms with E-state index in [9.17, 15) is 4.79 Å². The number of carbonyl (C=O) groups is 1. The van der Waals surface area contributed by atoms with Crippen molar-refractivity contribution in [1.82, 2.24) is 0 Å². The Balaban J connectivity index is 2.32. The molecule has 1 saturated heterocycles. The van der Waals surface area contributed by atoms with E-state index in [0.29, 0.717) is 12.8 Å². The molecule has 0 aromatic carbocycles. The van der Waals surface area contributed by atoms with Crippen LogP contribution in [0, 0.1) is 12.3 Å². The Morgan fingerprint density at radius 2 is 2.29 bits per heavy atom. The highest BCUT2D eigenvalue weighted by Crippen LogP contribution is 2.20. The second-order valence-corrected chi connectivity index (χ2v) is 3.02. The quantitative estimate of drug-likeness (QED) is 0.488. The minimum atomic E-state index is -1.10. The van der Waals surface area contributed by atoms with Gasteiger partial charge >= 0.3 is 5.97 Å². The topological polar surface area (TPSA) is 81.8 Å². The number of terminal acetylenes is 1. The highest BCUT2D eigenvalue weighted by Gasteiger charge is 2.38. The third kappa shape index (κ3) is 2.70. The lowest BCUT2D eigenvalue weighted by molar-refractivity contribution is -0.151. The molecule has 0 bridgehead atoms. The second kappa shape index (κ2) is 4.96. The molecule has 0 radical (unpaired) electrons. The van der Waals surface area contributed by atoms with Crippen molar-refractivity contribution < 1.29 is 19.4 Å². The maximum absolute atomic E-state index is 10.6. The van der Waals surface area contributed by atoms with Gasteiger partial charge in [0.25, 0.3) is 0 Å².